The van der Waals surface area contributed by atoms with E-state index in [2.05, 4.69) is 24.5 Å². The van der Waals surface area contributed by atoms with Gasteiger partial charge in [-0.1, -0.05) is 33.1 Å². The number of hydrogen-bond acceptors (Lipinski definition) is 4. The first-order valence-electron chi connectivity index (χ1n) is 8.51. The van der Waals surface area contributed by atoms with Gasteiger partial charge in [0.1, 0.15) is 12.1 Å². The molecule has 7 nitrogen and oxygen atoms in total. The quantitative estimate of drug-likeness (QED) is 0.618. The molecule has 0 aromatic heterocycles. The maximum Gasteiger partial charge on any atom is 0.325 e. The number of halogens is 1. The van der Waals surface area contributed by atoms with Crippen LogP contribution in [0.15, 0.2) is 0 Å². The van der Waals surface area contributed by atoms with Gasteiger partial charge in [-0.2, -0.15) is 0 Å². The van der Waals surface area contributed by atoms with Crippen molar-refractivity contribution >= 4 is 30.3 Å². The van der Waals surface area contributed by atoms with Gasteiger partial charge in [0.2, 0.25) is 5.91 Å². The second-order valence-corrected chi connectivity index (χ2v) is 7.09. The third-order valence-electron chi connectivity index (χ3n) is 4.66. The van der Waals surface area contributed by atoms with Crippen molar-refractivity contribution in [1.82, 2.24) is 15.5 Å². The van der Waals surface area contributed by atoms with Crippen molar-refractivity contribution in [3.63, 3.8) is 0 Å². The number of urea groups is 1. The molecule has 1 heterocycles. The Bertz CT molecular complexity index is 478. The number of imide groups is 1. The molecule has 1 spiro atoms. The number of nitrogens with two attached hydrogens (primary N) is 1. The molecule has 1 unspecified atom stereocenters. The summed E-state index contributed by atoms with van der Waals surface area (Å²) in [5.74, 6) is -0.186. The highest BCUT2D eigenvalue weighted by Gasteiger charge is 2.51. The Morgan fingerprint density at radius 3 is 2.46 bits per heavy atom. The second kappa shape index (κ2) is 8.67. The molecular formula is C16H29ClN4O3. The fourth-order valence-corrected chi connectivity index (χ4v) is 3.51. The zero-order valence-corrected chi connectivity index (χ0v) is 15.3. The van der Waals surface area contributed by atoms with Crippen LogP contribution in [0, 0.1) is 5.92 Å². The Morgan fingerprint density at radius 1 is 1.29 bits per heavy atom. The van der Waals surface area contributed by atoms with Crippen LogP contribution in [-0.4, -0.2) is 47.4 Å². The Labute approximate surface area is 149 Å². The summed E-state index contributed by atoms with van der Waals surface area (Å²) in [6.07, 6.45) is 5.03. The van der Waals surface area contributed by atoms with Gasteiger partial charge in [-0.25, -0.2) is 4.79 Å². The first-order valence-corrected chi connectivity index (χ1v) is 8.51. The molecule has 1 aliphatic carbocycles. The summed E-state index contributed by atoms with van der Waals surface area (Å²) >= 11 is 0. The van der Waals surface area contributed by atoms with Gasteiger partial charge in [-0.3, -0.25) is 14.5 Å². The van der Waals surface area contributed by atoms with Gasteiger partial charge < -0.3 is 16.4 Å². The first-order chi connectivity index (χ1) is 10.9. The van der Waals surface area contributed by atoms with Crippen molar-refractivity contribution in [3.8, 4) is 0 Å². The highest BCUT2D eigenvalue weighted by Crippen LogP contribution is 2.33. The molecule has 0 aromatic carbocycles. The summed E-state index contributed by atoms with van der Waals surface area (Å²) in [5.41, 5.74) is 4.89. The maximum atomic E-state index is 12.6. The lowest BCUT2D eigenvalue weighted by Crippen LogP contribution is -2.50. The van der Waals surface area contributed by atoms with Gasteiger partial charge in [-0.15, -0.1) is 12.4 Å². The van der Waals surface area contributed by atoms with Crippen LogP contribution in [0.1, 0.15) is 52.4 Å². The highest BCUT2D eigenvalue weighted by atomic mass is 35.5. The molecule has 24 heavy (non-hydrogen) atoms. The number of carbonyl (C=O) groups excluding carboxylic acids is 3. The van der Waals surface area contributed by atoms with Gasteiger partial charge in [0, 0.05) is 12.6 Å². The number of nitrogens with one attached hydrogen (secondary N) is 2. The van der Waals surface area contributed by atoms with Crippen LogP contribution in [0.3, 0.4) is 0 Å². The number of hydrogen-bond donors (Lipinski definition) is 3. The van der Waals surface area contributed by atoms with Gasteiger partial charge in [0.25, 0.3) is 5.91 Å². The van der Waals surface area contributed by atoms with E-state index >= 15 is 0 Å². The lowest BCUT2D eigenvalue weighted by molar-refractivity contribution is -0.136. The minimum Gasteiger partial charge on any atom is -0.351 e. The molecule has 1 atom stereocenters. The van der Waals surface area contributed by atoms with Crippen molar-refractivity contribution in [2.24, 2.45) is 11.7 Å². The molecule has 0 bridgehead atoms. The minimum atomic E-state index is -0.777. The average Bonchev–Trinajstić information content (AvgIpc) is 2.71. The topological polar surface area (TPSA) is 105 Å². The Morgan fingerprint density at radius 2 is 1.92 bits per heavy atom. The van der Waals surface area contributed by atoms with E-state index < -0.39 is 11.6 Å². The normalized spacial score (nSPS) is 20.8. The molecule has 4 N–H and O–H groups in total. The predicted molar refractivity (Wildman–Crippen MR) is 93.7 cm³/mol. The molecule has 4 amide bonds. The predicted octanol–water partition coefficient (Wildman–Crippen LogP) is 1.15. The number of rotatable bonds is 6. The summed E-state index contributed by atoms with van der Waals surface area (Å²) in [6.45, 7) is 4.22. The summed E-state index contributed by atoms with van der Waals surface area (Å²) in [5, 5.41) is 5.63. The van der Waals surface area contributed by atoms with Crippen LogP contribution in [0.25, 0.3) is 0 Å². The third kappa shape index (κ3) is 4.60. The second-order valence-electron chi connectivity index (χ2n) is 7.09. The lowest BCUT2D eigenvalue weighted by Gasteiger charge is -2.30. The molecule has 138 valence electrons. The molecule has 0 radical (unpaired) electrons. The number of amides is 4. The van der Waals surface area contributed by atoms with Gasteiger partial charge in [-0.05, 0) is 25.2 Å². The van der Waals surface area contributed by atoms with E-state index in [1.165, 1.54) is 0 Å². The van der Waals surface area contributed by atoms with Crippen LogP contribution >= 0.6 is 12.4 Å². The Hall–Kier alpha value is -1.34. The van der Waals surface area contributed by atoms with Crippen molar-refractivity contribution in [1.29, 1.82) is 0 Å². The van der Waals surface area contributed by atoms with E-state index in [1.807, 2.05) is 0 Å². The summed E-state index contributed by atoms with van der Waals surface area (Å²) in [7, 11) is 0. The van der Waals surface area contributed by atoms with Crippen LogP contribution in [0.5, 0.6) is 0 Å². The van der Waals surface area contributed by atoms with E-state index in [4.69, 9.17) is 5.73 Å². The van der Waals surface area contributed by atoms with Crippen LogP contribution in [0.4, 0.5) is 4.79 Å². The molecule has 0 aromatic rings. The molecule has 2 fully saturated rings. The summed E-state index contributed by atoms with van der Waals surface area (Å²) < 4.78 is 0. The van der Waals surface area contributed by atoms with Crippen LogP contribution < -0.4 is 16.4 Å². The molecule has 1 aliphatic heterocycles. The summed E-state index contributed by atoms with van der Waals surface area (Å²) in [4.78, 5) is 37.9. The third-order valence-corrected chi connectivity index (χ3v) is 4.66. The van der Waals surface area contributed by atoms with Gasteiger partial charge >= 0.3 is 6.03 Å². The molecule has 1 saturated carbocycles. The number of nitrogens with zero attached hydrogens (tertiary/aromatic N) is 1. The van der Waals surface area contributed by atoms with E-state index in [9.17, 15) is 14.4 Å². The van der Waals surface area contributed by atoms with E-state index in [0.29, 0.717) is 25.3 Å². The maximum absolute atomic E-state index is 12.6. The molecule has 8 heteroatoms. The fourth-order valence-electron chi connectivity index (χ4n) is 3.51. The zero-order valence-electron chi connectivity index (χ0n) is 14.5. The SMILES string of the molecule is CC(C)CC(CN)NC(=O)CN1C(=O)NC2(CCCCC2)C1=O.Cl. The fraction of sp³-hybridized carbons (Fsp3) is 0.812. The average molecular weight is 361 g/mol. The summed E-state index contributed by atoms with van der Waals surface area (Å²) in [6, 6.07) is -0.591. The Kier molecular flexibility index (Phi) is 7.48. The van der Waals surface area contributed by atoms with Crippen molar-refractivity contribution in [2.75, 3.05) is 13.1 Å². The molecule has 2 aliphatic rings. The first kappa shape index (κ1) is 20.7. The minimum absolute atomic E-state index is 0. The van der Waals surface area contributed by atoms with Crippen LogP contribution in [-0.2, 0) is 9.59 Å². The monoisotopic (exact) mass is 360 g/mol. The zero-order chi connectivity index (χ0) is 17.0. The molecular weight excluding hydrogens is 332 g/mol. The lowest BCUT2D eigenvalue weighted by atomic mass is 9.82. The van der Waals surface area contributed by atoms with Gasteiger partial charge in [0.15, 0.2) is 0 Å². The number of carbonyl (C=O) groups is 3. The largest absolute Gasteiger partial charge is 0.351 e. The van der Waals surface area contributed by atoms with E-state index in [1.54, 1.807) is 0 Å². The molecule has 1 saturated heterocycles. The van der Waals surface area contributed by atoms with Crippen molar-refractivity contribution in [2.45, 2.75) is 64.0 Å². The Balaban J connectivity index is 0.00000288. The van der Waals surface area contributed by atoms with E-state index in [0.717, 1.165) is 30.6 Å². The standard InChI is InChI=1S/C16H28N4O3.ClH/c1-11(2)8-12(9-17)18-13(21)10-20-14(22)16(19-15(20)23)6-4-3-5-7-16;/h11-12H,3-10,17H2,1-2H3,(H,18,21)(H,19,23);1H. The van der Waals surface area contributed by atoms with Crippen molar-refractivity contribution < 1.29 is 14.4 Å². The van der Waals surface area contributed by atoms with E-state index in [-0.39, 0.29) is 36.8 Å². The highest BCUT2D eigenvalue weighted by molar-refractivity contribution is 6.09. The molecule has 2 rings (SSSR count). The van der Waals surface area contributed by atoms with Crippen molar-refractivity contribution in [3.05, 3.63) is 0 Å². The van der Waals surface area contributed by atoms with Crippen LogP contribution in [0.2, 0.25) is 0 Å². The van der Waals surface area contributed by atoms with Gasteiger partial charge in [0.05, 0.1) is 0 Å². The smallest absolute Gasteiger partial charge is 0.325 e.